The Kier molecular flexibility index (Phi) is 6.91. The summed E-state index contributed by atoms with van der Waals surface area (Å²) in [6.45, 7) is 0.596. The summed E-state index contributed by atoms with van der Waals surface area (Å²) >= 11 is 6.06. The zero-order chi connectivity index (χ0) is 25.8. The molecular weight excluding hydrogens is 496 g/mol. The lowest BCUT2D eigenvalue weighted by Gasteiger charge is -2.19. The molecule has 2 N–H and O–H groups in total. The molecule has 0 radical (unpaired) electrons. The maximum absolute atomic E-state index is 13.1. The van der Waals surface area contributed by atoms with Crippen molar-refractivity contribution >= 4 is 40.7 Å². The first-order valence-corrected chi connectivity index (χ1v) is 11.8. The fourth-order valence-corrected chi connectivity index (χ4v) is 4.02. The zero-order valence-electron chi connectivity index (χ0n) is 19.8. The number of carbonyl (C=O) groups excluding carboxylic acids is 1. The highest BCUT2D eigenvalue weighted by molar-refractivity contribution is 6.30. The lowest BCUT2D eigenvalue weighted by molar-refractivity contribution is -0.138. The van der Waals surface area contributed by atoms with E-state index in [1.54, 1.807) is 41.4 Å². The molecule has 0 amide bonds. The minimum Gasteiger partial charge on any atom is -0.468 e. The Bertz CT molecular complexity index is 1460. The molecule has 0 saturated carbocycles. The molecule has 4 aromatic rings. The minimum absolute atomic E-state index is 0.0706. The smallest absolute Gasteiger partial charge is 0.325 e. The van der Waals surface area contributed by atoms with Crippen LogP contribution in [0.2, 0.25) is 5.02 Å². The van der Waals surface area contributed by atoms with Gasteiger partial charge in [-0.3, -0.25) is 14.2 Å². The fourth-order valence-electron chi connectivity index (χ4n) is 3.90. The molecule has 1 aliphatic heterocycles. The van der Waals surface area contributed by atoms with Gasteiger partial charge in [0.2, 0.25) is 11.8 Å². The molecule has 11 heteroatoms. The van der Waals surface area contributed by atoms with E-state index in [2.05, 4.69) is 20.6 Å². The summed E-state index contributed by atoms with van der Waals surface area (Å²) < 4.78 is 12.4. The Morgan fingerprint density at radius 3 is 2.59 bits per heavy atom. The molecule has 2 aromatic heterocycles. The average Bonchev–Trinajstić information content (AvgIpc) is 3.33. The first kappa shape index (κ1) is 24.1. The predicted molar refractivity (Wildman–Crippen MR) is 141 cm³/mol. The second-order valence-electron chi connectivity index (χ2n) is 8.18. The highest BCUT2D eigenvalue weighted by Crippen LogP contribution is 2.32. The first-order chi connectivity index (χ1) is 18.0. The molecule has 1 aliphatic rings. The molecule has 0 aliphatic carbocycles. The largest absolute Gasteiger partial charge is 0.468 e. The van der Waals surface area contributed by atoms with Crippen molar-refractivity contribution in [3.63, 3.8) is 0 Å². The Morgan fingerprint density at radius 1 is 1.11 bits per heavy atom. The number of pyridine rings is 1. The van der Waals surface area contributed by atoms with Gasteiger partial charge >= 0.3 is 5.97 Å². The quantitative estimate of drug-likeness (QED) is 0.331. The molecule has 5 rings (SSSR count). The third-order valence-electron chi connectivity index (χ3n) is 5.69. The molecular formula is C26H23ClN6O4. The van der Waals surface area contributed by atoms with Gasteiger partial charge in [0.1, 0.15) is 23.8 Å². The second-order valence-corrected chi connectivity index (χ2v) is 8.62. The lowest BCUT2D eigenvalue weighted by atomic mass is 10.2. The highest BCUT2D eigenvalue weighted by Gasteiger charge is 2.29. The van der Waals surface area contributed by atoms with Gasteiger partial charge in [0.25, 0.3) is 5.56 Å². The van der Waals surface area contributed by atoms with Crippen LogP contribution in [0.15, 0.2) is 77.7 Å². The van der Waals surface area contributed by atoms with E-state index >= 15 is 0 Å². The molecule has 2 aromatic carbocycles. The van der Waals surface area contributed by atoms with E-state index in [9.17, 15) is 9.59 Å². The number of nitrogens with zero attached hydrogens (tertiary/aromatic N) is 4. The number of halogens is 1. The van der Waals surface area contributed by atoms with Gasteiger partial charge in [0.15, 0.2) is 0 Å². The van der Waals surface area contributed by atoms with Crippen molar-refractivity contribution in [1.29, 1.82) is 0 Å². The Balaban J connectivity index is 1.47. The summed E-state index contributed by atoms with van der Waals surface area (Å²) in [5.41, 5.74) is 1.50. The van der Waals surface area contributed by atoms with Crippen LogP contribution in [-0.2, 0) is 16.1 Å². The molecule has 3 heterocycles. The molecule has 0 saturated heterocycles. The van der Waals surface area contributed by atoms with Gasteiger partial charge in [0, 0.05) is 23.0 Å². The summed E-state index contributed by atoms with van der Waals surface area (Å²) in [6, 6.07) is 20.1. The zero-order valence-corrected chi connectivity index (χ0v) is 20.6. The van der Waals surface area contributed by atoms with Crippen molar-refractivity contribution in [2.75, 3.05) is 35.9 Å². The number of rotatable bonds is 8. The number of anilines is 4. The predicted octanol–water partition coefficient (Wildman–Crippen LogP) is 4.24. The number of methoxy groups -OCH3 is 1. The van der Waals surface area contributed by atoms with Gasteiger partial charge in [-0.25, -0.2) is 4.98 Å². The van der Waals surface area contributed by atoms with Crippen LogP contribution in [0.1, 0.15) is 5.56 Å². The lowest BCUT2D eigenvalue weighted by Crippen LogP contribution is -2.33. The monoisotopic (exact) mass is 518 g/mol. The SMILES string of the molecule is COC(=O)CN1CNc2c1c(=O)nc(Nc1ccc(Oc3ccccn3)cc1)n2Cc1ccc(Cl)cc1. The standard InChI is InChI=1S/C26H23ClN6O4/c1-36-22(34)15-32-16-29-24-23(32)25(35)31-26(33(24)14-17-5-7-18(27)8-6-17)30-19-9-11-20(12-10-19)37-21-4-2-3-13-28-21/h2-13,29H,14-16H2,1H3,(H,30,31,35). The van der Waals surface area contributed by atoms with E-state index in [1.165, 1.54) is 7.11 Å². The molecule has 0 unspecified atom stereocenters. The molecule has 0 spiro atoms. The molecule has 0 fully saturated rings. The summed E-state index contributed by atoms with van der Waals surface area (Å²) in [4.78, 5) is 35.0. The van der Waals surface area contributed by atoms with Gasteiger partial charge in [-0.2, -0.15) is 4.98 Å². The molecule has 0 bridgehead atoms. The van der Waals surface area contributed by atoms with E-state index in [1.807, 2.05) is 41.0 Å². The fraction of sp³-hybridized carbons (Fsp3) is 0.154. The summed E-state index contributed by atoms with van der Waals surface area (Å²) in [5, 5.41) is 7.09. The van der Waals surface area contributed by atoms with Gasteiger partial charge < -0.3 is 25.0 Å². The van der Waals surface area contributed by atoms with Crippen molar-refractivity contribution in [2.24, 2.45) is 0 Å². The van der Waals surface area contributed by atoms with Gasteiger partial charge in [0.05, 0.1) is 20.3 Å². The van der Waals surface area contributed by atoms with Crippen LogP contribution in [0.3, 0.4) is 0 Å². The number of carbonyl (C=O) groups is 1. The Labute approximate surface area is 217 Å². The van der Waals surface area contributed by atoms with E-state index < -0.39 is 11.5 Å². The maximum Gasteiger partial charge on any atom is 0.325 e. The number of hydrogen-bond acceptors (Lipinski definition) is 9. The number of hydrogen-bond donors (Lipinski definition) is 2. The number of ether oxygens (including phenoxy) is 2. The van der Waals surface area contributed by atoms with Crippen molar-refractivity contribution < 1.29 is 14.3 Å². The van der Waals surface area contributed by atoms with E-state index in [0.29, 0.717) is 46.3 Å². The van der Waals surface area contributed by atoms with Crippen LogP contribution in [0, 0.1) is 0 Å². The van der Waals surface area contributed by atoms with Crippen molar-refractivity contribution in [3.8, 4) is 11.6 Å². The van der Waals surface area contributed by atoms with Crippen molar-refractivity contribution in [1.82, 2.24) is 14.5 Å². The number of nitrogens with one attached hydrogen (secondary N) is 2. The summed E-state index contributed by atoms with van der Waals surface area (Å²) in [7, 11) is 1.31. The van der Waals surface area contributed by atoms with Crippen LogP contribution in [0.4, 0.5) is 23.1 Å². The third kappa shape index (κ3) is 5.49. The Hall–Kier alpha value is -4.57. The third-order valence-corrected chi connectivity index (χ3v) is 5.94. The first-order valence-electron chi connectivity index (χ1n) is 11.4. The normalized spacial score (nSPS) is 12.0. The van der Waals surface area contributed by atoms with Crippen molar-refractivity contribution in [2.45, 2.75) is 6.54 Å². The maximum atomic E-state index is 13.1. The molecule has 10 nitrogen and oxygen atoms in total. The highest BCUT2D eigenvalue weighted by atomic mass is 35.5. The minimum atomic E-state index is -0.464. The number of fused-ring (bicyclic) bond motifs is 1. The van der Waals surface area contributed by atoms with E-state index in [4.69, 9.17) is 21.1 Å². The summed E-state index contributed by atoms with van der Waals surface area (Å²) in [6.07, 6.45) is 1.66. The Morgan fingerprint density at radius 2 is 1.89 bits per heavy atom. The van der Waals surface area contributed by atoms with Crippen LogP contribution < -0.4 is 25.8 Å². The van der Waals surface area contributed by atoms with E-state index in [-0.39, 0.29) is 13.2 Å². The van der Waals surface area contributed by atoms with Crippen LogP contribution in [0.25, 0.3) is 0 Å². The number of benzene rings is 2. The van der Waals surface area contributed by atoms with E-state index in [0.717, 1.165) is 5.56 Å². The van der Waals surface area contributed by atoms with Gasteiger partial charge in [-0.15, -0.1) is 0 Å². The van der Waals surface area contributed by atoms with Crippen LogP contribution >= 0.6 is 11.6 Å². The molecule has 0 atom stereocenters. The average molecular weight is 519 g/mol. The topological polar surface area (TPSA) is 111 Å². The van der Waals surface area contributed by atoms with Crippen molar-refractivity contribution in [3.05, 3.63) is 93.9 Å². The number of aromatic nitrogens is 3. The molecule has 37 heavy (non-hydrogen) atoms. The van der Waals surface area contributed by atoms with Crippen LogP contribution in [0.5, 0.6) is 11.6 Å². The summed E-state index contributed by atoms with van der Waals surface area (Å²) in [5.74, 6) is 1.54. The number of esters is 1. The van der Waals surface area contributed by atoms with Gasteiger partial charge in [-0.05, 0) is 48.0 Å². The molecule has 188 valence electrons. The second kappa shape index (κ2) is 10.6. The van der Waals surface area contributed by atoms with Crippen LogP contribution in [-0.4, -0.2) is 40.8 Å². The van der Waals surface area contributed by atoms with Gasteiger partial charge in [-0.1, -0.05) is 29.8 Å².